The van der Waals surface area contributed by atoms with Crippen molar-refractivity contribution in [2.45, 2.75) is 71.3 Å². The number of esters is 2. The Morgan fingerprint density at radius 1 is 1.10 bits per heavy atom. The van der Waals surface area contributed by atoms with Crippen LogP contribution < -0.4 is 5.32 Å². The number of thiophene rings is 1. The monoisotopic (exact) mass is 450 g/mol. The topological polar surface area (TPSA) is 102 Å². The Balaban J connectivity index is 1.64. The van der Waals surface area contributed by atoms with Gasteiger partial charge in [0.1, 0.15) is 11.5 Å². The van der Waals surface area contributed by atoms with E-state index in [0.29, 0.717) is 23.5 Å². The molecule has 9 heteroatoms. The van der Waals surface area contributed by atoms with Crippen LogP contribution in [0.2, 0.25) is 0 Å². The van der Waals surface area contributed by atoms with E-state index in [2.05, 4.69) is 5.32 Å². The Labute approximate surface area is 186 Å². The van der Waals surface area contributed by atoms with Crippen LogP contribution in [0.15, 0.2) is 0 Å². The summed E-state index contributed by atoms with van der Waals surface area (Å²) in [6.07, 6.45) is 5.72. The SMILES string of the molecule is CCOC(=O)c1c(NC(=O)C(C)OC(=O)CN2CCCCCC2=O)sc2c1CCCC2. The van der Waals surface area contributed by atoms with Crippen molar-refractivity contribution in [2.75, 3.05) is 25.0 Å². The van der Waals surface area contributed by atoms with Gasteiger partial charge in [-0.2, -0.15) is 0 Å². The van der Waals surface area contributed by atoms with Gasteiger partial charge in [0.05, 0.1) is 12.2 Å². The van der Waals surface area contributed by atoms with Gasteiger partial charge >= 0.3 is 11.9 Å². The molecule has 3 rings (SSSR count). The lowest BCUT2D eigenvalue weighted by Gasteiger charge is -2.20. The standard InChI is InChI=1S/C22H30N2O6S/c1-3-29-22(28)19-15-9-6-7-10-16(15)31-21(19)23-20(27)14(2)30-18(26)13-24-12-8-4-5-11-17(24)25/h14H,3-13H2,1-2H3,(H,23,27). The predicted octanol–water partition coefficient (Wildman–Crippen LogP) is 3.08. The van der Waals surface area contributed by atoms with Crippen LogP contribution in [0.25, 0.3) is 0 Å². The van der Waals surface area contributed by atoms with Gasteiger partial charge in [0.15, 0.2) is 6.10 Å². The maximum Gasteiger partial charge on any atom is 0.341 e. The maximum atomic E-state index is 12.7. The average molecular weight is 451 g/mol. The van der Waals surface area contributed by atoms with Crippen LogP contribution in [0.5, 0.6) is 0 Å². The molecular formula is C22H30N2O6S. The molecule has 170 valence electrons. The lowest BCUT2D eigenvalue weighted by molar-refractivity contribution is -0.156. The molecule has 0 saturated carbocycles. The van der Waals surface area contributed by atoms with Crippen LogP contribution in [0, 0.1) is 0 Å². The van der Waals surface area contributed by atoms with Crippen molar-refractivity contribution in [3.05, 3.63) is 16.0 Å². The number of amides is 2. The Bertz CT molecular complexity index is 849. The summed E-state index contributed by atoms with van der Waals surface area (Å²) in [6.45, 7) is 3.84. The molecule has 1 N–H and O–H groups in total. The first-order valence-corrected chi connectivity index (χ1v) is 11.8. The van der Waals surface area contributed by atoms with Crippen molar-refractivity contribution in [3.8, 4) is 0 Å². The Kier molecular flexibility index (Phi) is 8.06. The third-order valence-corrected chi connectivity index (χ3v) is 6.76. The molecule has 2 heterocycles. The van der Waals surface area contributed by atoms with Crippen LogP contribution in [-0.2, 0) is 36.7 Å². The summed E-state index contributed by atoms with van der Waals surface area (Å²) >= 11 is 1.39. The summed E-state index contributed by atoms with van der Waals surface area (Å²) in [5, 5.41) is 3.20. The molecule has 1 unspecified atom stereocenters. The van der Waals surface area contributed by atoms with Crippen LogP contribution in [0.3, 0.4) is 0 Å². The number of carbonyl (C=O) groups is 4. The van der Waals surface area contributed by atoms with Gasteiger partial charge < -0.3 is 19.7 Å². The number of hydrogen-bond acceptors (Lipinski definition) is 7. The van der Waals surface area contributed by atoms with E-state index in [0.717, 1.165) is 55.4 Å². The highest BCUT2D eigenvalue weighted by atomic mass is 32.1. The quantitative estimate of drug-likeness (QED) is 0.641. The Hall–Kier alpha value is -2.42. The minimum Gasteiger partial charge on any atom is -0.462 e. The summed E-state index contributed by atoms with van der Waals surface area (Å²) in [4.78, 5) is 52.1. The Morgan fingerprint density at radius 2 is 1.84 bits per heavy atom. The van der Waals surface area contributed by atoms with Crippen LogP contribution in [0.1, 0.15) is 73.2 Å². The van der Waals surface area contributed by atoms with Gasteiger partial charge in [-0.15, -0.1) is 11.3 Å². The van der Waals surface area contributed by atoms with Gasteiger partial charge in [0, 0.05) is 17.8 Å². The molecule has 1 aliphatic carbocycles. The number of likely N-dealkylation sites (tertiary alicyclic amines) is 1. The van der Waals surface area contributed by atoms with E-state index in [1.54, 1.807) is 6.92 Å². The highest BCUT2D eigenvalue weighted by Gasteiger charge is 2.29. The van der Waals surface area contributed by atoms with Gasteiger partial charge in [0.2, 0.25) is 5.91 Å². The molecule has 1 aliphatic heterocycles. The molecule has 0 bridgehead atoms. The van der Waals surface area contributed by atoms with E-state index in [1.807, 2.05) is 0 Å². The summed E-state index contributed by atoms with van der Waals surface area (Å²) in [5.41, 5.74) is 1.37. The molecule has 31 heavy (non-hydrogen) atoms. The largest absolute Gasteiger partial charge is 0.462 e. The van der Waals surface area contributed by atoms with Crippen molar-refractivity contribution in [2.24, 2.45) is 0 Å². The molecule has 0 aromatic carbocycles. The number of nitrogens with zero attached hydrogens (tertiary/aromatic N) is 1. The molecule has 1 aromatic heterocycles. The van der Waals surface area contributed by atoms with Gasteiger partial charge in [-0.05, 0) is 57.9 Å². The third kappa shape index (κ3) is 5.84. The lowest BCUT2D eigenvalue weighted by Crippen LogP contribution is -2.38. The molecule has 2 amide bonds. The zero-order chi connectivity index (χ0) is 22.4. The molecular weight excluding hydrogens is 420 g/mol. The van der Waals surface area contributed by atoms with Crippen LogP contribution in [-0.4, -0.2) is 54.5 Å². The fraction of sp³-hybridized carbons (Fsp3) is 0.636. The number of hydrogen-bond donors (Lipinski definition) is 1. The minimum atomic E-state index is -1.05. The van der Waals surface area contributed by atoms with E-state index in [1.165, 1.54) is 23.2 Å². The average Bonchev–Trinajstić information content (AvgIpc) is 2.98. The molecule has 1 atom stereocenters. The molecule has 2 aliphatic rings. The highest BCUT2D eigenvalue weighted by molar-refractivity contribution is 7.17. The predicted molar refractivity (Wildman–Crippen MR) is 116 cm³/mol. The van der Waals surface area contributed by atoms with Gasteiger partial charge in [0.25, 0.3) is 5.91 Å². The van der Waals surface area contributed by atoms with Crippen LogP contribution >= 0.6 is 11.3 Å². The van der Waals surface area contributed by atoms with Crippen molar-refractivity contribution in [1.29, 1.82) is 0 Å². The second-order valence-corrected chi connectivity index (χ2v) is 8.99. The minimum absolute atomic E-state index is 0.0604. The van der Waals surface area contributed by atoms with E-state index >= 15 is 0 Å². The fourth-order valence-corrected chi connectivity index (χ4v) is 5.22. The first-order chi connectivity index (χ1) is 14.9. The van der Waals surface area contributed by atoms with E-state index in [9.17, 15) is 19.2 Å². The fourth-order valence-electron chi connectivity index (χ4n) is 3.94. The molecule has 1 saturated heterocycles. The van der Waals surface area contributed by atoms with Gasteiger partial charge in [-0.25, -0.2) is 4.79 Å². The second-order valence-electron chi connectivity index (χ2n) is 7.88. The number of rotatable bonds is 7. The molecule has 8 nitrogen and oxygen atoms in total. The Morgan fingerprint density at radius 3 is 2.61 bits per heavy atom. The third-order valence-electron chi connectivity index (χ3n) is 5.56. The van der Waals surface area contributed by atoms with Gasteiger partial charge in [-0.1, -0.05) is 6.42 Å². The second kappa shape index (κ2) is 10.7. The van der Waals surface area contributed by atoms with Crippen molar-refractivity contribution in [3.63, 3.8) is 0 Å². The van der Waals surface area contributed by atoms with Crippen molar-refractivity contribution < 1.29 is 28.7 Å². The van der Waals surface area contributed by atoms with Crippen molar-refractivity contribution >= 4 is 40.1 Å². The van der Waals surface area contributed by atoms with E-state index in [4.69, 9.17) is 9.47 Å². The summed E-state index contributed by atoms with van der Waals surface area (Å²) in [5.74, 6) is -1.63. The molecule has 0 radical (unpaired) electrons. The number of carbonyl (C=O) groups excluding carboxylic acids is 4. The molecule has 0 spiro atoms. The van der Waals surface area contributed by atoms with Crippen LogP contribution in [0.4, 0.5) is 5.00 Å². The number of anilines is 1. The number of ether oxygens (including phenoxy) is 2. The summed E-state index contributed by atoms with van der Waals surface area (Å²) in [6, 6.07) is 0. The maximum absolute atomic E-state index is 12.7. The summed E-state index contributed by atoms with van der Waals surface area (Å²) in [7, 11) is 0. The molecule has 1 aromatic rings. The van der Waals surface area contributed by atoms with Gasteiger partial charge in [-0.3, -0.25) is 14.4 Å². The number of aryl methyl sites for hydroxylation is 1. The van der Waals surface area contributed by atoms with E-state index in [-0.39, 0.29) is 19.1 Å². The zero-order valence-electron chi connectivity index (χ0n) is 18.2. The smallest absolute Gasteiger partial charge is 0.341 e. The van der Waals surface area contributed by atoms with Crippen molar-refractivity contribution in [1.82, 2.24) is 4.90 Å². The summed E-state index contributed by atoms with van der Waals surface area (Å²) < 4.78 is 10.5. The first-order valence-electron chi connectivity index (χ1n) is 11.0. The number of nitrogens with one attached hydrogen (secondary N) is 1. The molecule has 1 fully saturated rings. The van der Waals surface area contributed by atoms with E-state index < -0.39 is 23.9 Å². The zero-order valence-corrected chi connectivity index (χ0v) is 19.0. The highest BCUT2D eigenvalue weighted by Crippen LogP contribution is 2.38. The number of fused-ring (bicyclic) bond motifs is 1. The first kappa shape index (κ1) is 23.2. The normalized spacial score (nSPS) is 17.4. The lowest BCUT2D eigenvalue weighted by atomic mass is 9.95.